The molecule has 0 N–H and O–H groups in total. The minimum Gasteiger partial charge on any atom is -0.494 e. The van der Waals surface area contributed by atoms with Crippen molar-refractivity contribution in [2.75, 3.05) is 47.1 Å². The number of rotatable bonds is 29. The minimum absolute atomic E-state index is 0.0304. The second-order valence-corrected chi connectivity index (χ2v) is 18.3. The topological polar surface area (TPSA) is 197 Å². The van der Waals surface area contributed by atoms with Gasteiger partial charge in [-0.3, -0.25) is 28.8 Å². The van der Waals surface area contributed by atoms with E-state index in [0.29, 0.717) is 113 Å². The molecule has 16 heteroatoms. The number of nitrogens with zero attached hydrogens (tertiary/aromatic N) is 1. The predicted molar refractivity (Wildman–Crippen MR) is 266 cm³/mol. The second-order valence-electron chi connectivity index (χ2n) is 18.3. The number of benzene rings is 3. The maximum Gasteiger partial charge on any atom is 0.330 e. The molecule has 0 atom stereocenters. The highest BCUT2D eigenvalue weighted by atomic mass is 16.6. The van der Waals surface area contributed by atoms with Gasteiger partial charge in [-0.05, 0) is 163 Å². The van der Waals surface area contributed by atoms with Gasteiger partial charge in [0.2, 0.25) is 0 Å². The van der Waals surface area contributed by atoms with Gasteiger partial charge in [-0.15, -0.1) is 0 Å². The predicted octanol–water partition coefficient (Wildman–Crippen LogP) is 9.40. The van der Waals surface area contributed by atoms with Crippen LogP contribution in [0, 0.1) is 23.7 Å². The quantitative estimate of drug-likeness (QED) is 0.0209. The zero-order valence-electron chi connectivity index (χ0n) is 41.6. The summed E-state index contributed by atoms with van der Waals surface area (Å²) >= 11 is 0. The number of amides is 1. The van der Waals surface area contributed by atoms with Crippen molar-refractivity contribution in [2.24, 2.45) is 23.7 Å². The summed E-state index contributed by atoms with van der Waals surface area (Å²) in [5, 5.41) is 0. The third kappa shape index (κ3) is 19.1. The largest absolute Gasteiger partial charge is 0.494 e. The Morgan fingerprint density at radius 1 is 0.528 bits per heavy atom. The first-order valence-electron chi connectivity index (χ1n) is 25.0. The summed E-state index contributed by atoms with van der Waals surface area (Å²) in [6, 6.07) is 18.0. The Kier molecular flexibility index (Phi) is 23.5. The summed E-state index contributed by atoms with van der Waals surface area (Å²) in [5.74, 6) is -2.09. The third-order valence-electron chi connectivity index (χ3n) is 12.5. The molecule has 1 amide bonds. The highest BCUT2D eigenvalue weighted by Gasteiger charge is 2.34. The van der Waals surface area contributed by atoms with E-state index in [0.717, 1.165) is 57.4 Å². The lowest BCUT2D eigenvalue weighted by Gasteiger charge is -2.26. The lowest BCUT2D eigenvalue weighted by Crippen LogP contribution is -2.31. The molecule has 2 aliphatic rings. The molecule has 16 nitrogen and oxygen atoms in total. The van der Waals surface area contributed by atoms with Crippen molar-refractivity contribution in [3.05, 3.63) is 97.1 Å². The van der Waals surface area contributed by atoms with Crippen molar-refractivity contribution < 1.29 is 71.5 Å². The van der Waals surface area contributed by atoms with Crippen LogP contribution in [0.4, 0.5) is 0 Å². The first-order valence-corrected chi connectivity index (χ1v) is 25.0. The minimum atomic E-state index is -0.525. The number of unbranched alkanes of at least 4 members (excludes halogenated alkanes) is 6. The molecule has 2 saturated carbocycles. The maximum atomic E-state index is 13.4. The molecule has 0 spiro atoms. The van der Waals surface area contributed by atoms with Crippen molar-refractivity contribution in [3.63, 3.8) is 0 Å². The summed E-state index contributed by atoms with van der Waals surface area (Å²) < 4.78 is 44.8. The average Bonchev–Trinajstić information content (AvgIpc) is 3.39. The molecule has 0 bridgehead atoms. The fraction of sp³-hybridized carbons (Fsp3) is 0.482. The van der Waals surface area contributed by atoms with E-state index in [1.165, 1.54) is 23.1 Å². The molecule has 0 radical (unpaired) electrons. The number of esters is 5. The first kappa shape index (κ1) is 56.1. The Hall–Kier alpha value is -6.81. The van der Waals surface area contributed by atoms with Crippen LogP contribution < -0.4 is 28.4 Å². The van der Waals surface area contributed by atoms with Gasteiger partial charge in [-0.2, -0.15) is 0 Å². The summed E-state index contributed by atoms with van der Waals surface area (Å²) in [5.41, 5.74) is 0.481. The molecule has 3 aromatic carbocycles. The molecule has 2 fully saturated rings. The Labute approximate surface area is 422 Å². The van der Waals surface area contributed by atoms with Crippen LogP contribution in [0.3, 0.4) is 0 Å². The third-order valence-corrected chi connectivity index (χ3v) is 12.5. The molecule has 3 aromatic rings. The van der Waals surface area contributed by atoms with E-state index in [4.69, 9.17) is 37.9 Å². The fourth-order valence-electron chi connectivity index (χ4n) is 8.26. The van der Waals surface area contributed by atoms with Crippen LogP contribution >= 0.6 is 0 Å². The molecular formula is C56H69NO15. The van der Waals surface area contributed by atoms with Crippen molar-refractivity contribution in [1.82, 2.24) is 4.90 Å². The number of aldehydes is 1. The summed E-state index contributed by atoms with van der Waals surface area (Å²) in [4.78, 5) is 89.1. The van der Waals surface area contributed by atoms with Crippen LogP contribution in [0.15, 0.2) is 91.5 Å². The van der Waals surface area contributed by atoms with Gasteiger partial charge >= 0.3 is 29.8 Å². The molecule has 0 unspecified atom stereocenters. The van der Waals surface area contributed by atoms with E-state index in [2.05, 4.69) is 13.2 Å². The van der Waals surface area contributed by atoms with Gasteiger partial charge in [-0.25, -0.2) is 4.79 Å². The zero-order chi connectivity index (χ0) is 51.7. The van der Waals surface area contributed by atoms with Crippen LogP contribution in [0.5, 0.6) is 34.5 Å². The van der Waals surface area contributed by atoms with Gasteiger partial charge in [0.25, 0.3) is 5.91 Å². The molecule has 0 heterocycles. The number of carbonyl (C=O) groups is 7. The molecule has 5 rings (SSSR count). The fourth-order valence-corrected chi connectivity index (χ4v) is 8.26. The molecular weight excluding hydrogens is 927 g/mol. The van der Waals surface area contributed by atoms with Crippen molar-refractivity contribution in [1.29, 1.82) is 0 Å². The van der Waals surface area contributed by atoms with Crippen LogP contribution in [0.2, 0.25) is 0 Å². The summed E-state index contributed by atoms with van der Waals surface area (Å²) in [6.45, 7) is 9.25. The molecule has 0 saturated heterocycles. The van der Waals surface area contributed by atoms with Gasteiger partial charge in [0.1, 0.15) is 40.8 Å². The molecule has 0 aromatic heterocycles. The Morgan fingerprint density at radius 3 is 1.35 bits per heavy atom. The lowest BCUT2D eigenvalue weighted by atomic mass is 9.82. The first-order chi connectivity index (χ1) is 34.8. The lowest BCUT2D eigenvalue weighted by molar-refractivity contribution is -0.145. The maximum absolute atomic E-state index is 13.4. The van der Waals surface area contributed by atoms with Gasteiger partial charge in [-0.1, -0.05) is 19.6 Å². The molecule has 388 valence electrons. The van der Waals surface area contributed by atoms with Crippen molar-refractivity contribution in [2.45, 2.75) is 103 Å². The van der Waals surface area contributed by atoms with Crippen LogP contribution in [-0.4, -0.2) is 94.1 Å². The van der Waals surface area contributed by atoms with E-state index in [9.17, 15) is 33.6 Å². The van der Waals surface area contributed by atoms with E-state index < -0.39 is 41.6 Å². The number of hydrogen-bond donors (Lipinski definition) is 0. The molecule has 0 aliphatic heterocycles. The van der Waals surface area contributed by atoms with Gasteiger partial charge in [0.15, 0.2) is 0 Å². The highest BCUT2D eigenvalue weighted by molar-refractivity contribution is 5.98. The summed E-state index contributed by atoms with van der Waals surface area (Å²) in [7, 11) is 3.12. The highest BCUT2D eigenvalue weighted by Crippen LogP contribution is 2.35. The molecule has 72 heavy (non-hydrogen) atoms. The Bertz CT molecular complexity index is 2270. The monoisotopic (exact) mass is 995 g/mol. The van der Waals surface area contributed by atoms with E-state index in [1.807, 2.05) is 0 Å². The van der Waals surface area contributed by atoms with Gasteiger partial charge in [0, 0.05) is 32.4 Å². The van der Waals surface area contributed by atoms with Crippen molar-refractivity contribution in [3.8, 4) is 34.5 Å². The van der Waals surface area contributed by atoms with Gasteiger partial charge in [0.05, 0.1) is 55.7 Å². The number of ether oxygens (including phenoxy) is 8. The SMILES string of the molecule is C=CC(=O)OCCCCCCOc1ccc(OC(=O)C2CCC(C(=O)Oc3ccc(OC(=O)C4CCC(C(=O)Oc5ccc(OCCCCCCOCC(=C)C=O)cc5)CC4)cc3C(=O)N(C)C)CC2)cc1. The van der Waals surface area contributed by atoms with E-state index in [-0.39, 0.29) is 41.5 Å². The summed E-state index contributed by atoms with van der Waals surface area (Å²) in [6.07, 6.45) is 12.4. The normalized spacial score (nSPS) is 17.3. The number of hydrogen-bond acceptors (Lipinski definition) is 15. The Morgan fingerprint density at radius 2 is 0.917 bits per heavy atom. The van der Waals surface area contributed by atoms with Crippen LogP contribution in [0.25, 0.3) is 0 Å². The van der Waals surface area contributed by atoms with Crippen LogP contribution in [-0.2, 0) is 38.2 Å². The van der Waals surface area contributed by atoms with Crippen molar-refractivity contribution >= 4 is 42.0 Å². The van der Waals surface area contributed by atoms with Crippen LogP contribution in [0.1, 0.15) is 113 Å². The second kappa shape index (κ2) is 30.2. The van der Waals surface area contributed by atoms with E-state index >= 15 is 0 Å². The zero-order valence-corrected chi connectivity index (χ0v) is 41.6. The van der Waals surface area contributed by atoms with E-state index in [1.54, 1.807) is 62.6 Å². The smallest absolute Gasteiger partial charge is 0.330 e. The number of carbonyl (C=O) groups excluding carboxylic acids is 7. The standard InChI is InChI=1S/C56H69NO15/c1-5-51(59)68-35-13-9-8-12-34-67-45-24-28-47(29-25-45)70-54(62)41-18-20-43(21-19-41)56(64)72-50-31-30-48(36-49(50)52(60)57(3)4)71-55(63)42-16-14-40(15-17-42)53(61)69-46-26-22-44(23-27-46)66-33-11-7-6-10-32-65-38-39(2)37-58/h5,22-31,36-37,40-43H,1-2,6-21,32-35,38H2,3-4H3. The Balaban J connectivity index is 0.992. The average molecular weight is 996 g/mol. The van der Waals surface area contributed by atoms with Gasteiger partial charge < -0.3 is 42.8 Å². The molecule has 2 aliphatic carbocycles.